The van der Waals surface area contributed by atoms with E-state index < -0.39 is 0 Å². The first-order chi connectivity index (χ1) is 9.22. The molecule has 0 bridgehead atoms. The molecule has 1 fully saturated rings. The predicted molar refractivity (Wildman–Crippen MR) is 76.1 cm³/mol. The van der Waals surface area contributed by atoms with Crippen LogP contribution in [-0.4, -0.2) is 38.4 Å². The summed E-state index contributed by atoms with van der Waals surface area (Å²) in [6.07, 6.45) is 0.960. The van der Waals surface area contributed by atoms with E-state index in [-0.39, 0.29) is 11.9 Å². The first-order valence-electron chi connectivity index (χ1n) is 7.04. The topological polar surface area (TPSA) is 24.5 Å². The molecule has 0 radical (unpaired) electrons. The van der Waals surface area contributed by atoms with Crippen LogP contribution in [0.15, 0.2) is 24.3 Å². The Hall–Kier alpha value is -1.13. The van der Waals surface area contributed by atoms with Crippen molar-refractivity contribution in [3.8, 4) is 0 Å². The van der Waals surface area contributed by atoms with Crippen molar-refractivity contribution in [2.24, 2.45) is 0 Å². The highest BCUT2D eigenvalue weighted by Crippen LogP contribution is 2.22. The van der Waals surface area contributed by atoms with Gasteiger partial charge in [-0.05, 0) is 32.4 Å². The van der Waals surface area contributed by atoms with E-state index >= 15 is 0 Å². The molecule has 0 aromatic heterocycles. The summed E-state index contributed by atoms with van der Waals surface area (Å²) in [5.41, 5.74) is 0.689. The summed E-state index contributed by atoms with van der Waals surface area (Å²) >= 11 is 0. The Kier molecular flexibility index (Phi) is 5.16. The zero-order valence-corrected chi connectivity index (χ0v) is 11.7. The zero-order valence-electron chi connectivity index (χ0n) is 11.7. The summed E-state index contributed by atoms with van der Waals surface area (Å²) in [5, 5.41) is 3.45. The van der Waals surface area contributed by atoms with Gasteiger partial charge >= 0.3 is 0 Å². The molecule has 2 unspecified atom stereocenters. The van der Waals surface area contributed by atoms with Crippen LogP contribution in [0, 0.1) is 5.82 Å². The molecule has 1 aromatic rings. The first-order valence-corrected chi connectivity index (χ1v) is 7.04. The van der Waals surface area contributed by atoms with Gasteiger partial charge in [-0.25, -0.2) is 4.39 Å². The number of halogens is 1. The van der Waals surface area contributed by atoms with Gasteiger partial charge in [0.25, 0.3) is 0 Å². The van der Waals surface area contributed by atoms with Crippen LogP contribution in [-0.2, 0) is 4.74 Å². The van der Waals surface area contributed by atoms with E-state index in [0.29, 0.717) is 11.7 Å². The summed E-state index contributed by atoms with van der Waals surface area (Å²) < 4.78 is 19.4. The summed E-state index contributed by atoms with van der Waals surface area (Å²) in [6, 6.07) is 7.63. The standard InChI is InChI=1S/C15H23FN2O/c1-3-18(15-7-5-4-6-14(15)16)12(2)10-13-11-19-9-8-17-13/h4-7,12-13,17H,3,8-11H2,1-2H3. The summed E-state index contributed by atoms with van der Waals surface area (Å²) in [5.74, 6) is -0.149. The van der Waals surface area contributed by atoms with Crippen LogP contribution in [0.1, 0.15) is 20.3 Å². The summed E-state index contributed by atoms with van der Waals surface area (Å²) in [6.45, 7) is 7.45. The molecule has 2 rings (SSSR count). The molecular formula is C15H23FN2O. The lowest BCUT2D eigenvalue weighted by atomic mass is 10.1. The van der Waals surface area contributed by atoms with Crippen LogP contribution >= 0.6 is 0 Å². The third-order valence-electron chi connectivity index (χ3n) is 3.66. The highest BCUT2D eigenvalue weighted by atomic mass is 19.1. The molecule has 4 heteroatoms. The number of morpholine rings is 1. The highest BCUT2D eigenvalue weighted by Gasteiger charge is 2.21. The van der Waals surface area contributed by atoms with Crippen molar-refractivity contribution in [2.75, 3.05) is 31.2 Å². The van der Waals surface area contributed by atoms with Crippen LogP contribution in [0.25, 0.3) is 0 Å². The summed E-state index contributed by atoms with van der Waals surface area (Å²) in [7, 11) is 0. The van der Waals surface area contributed by atoms with Gasteiger partial charge in [-0.1, -0.05) is 12.1 Å². The SMILES string of the molecule is CCN(c1ccccc1F)C(C)CC1COCCN1. The van der Waals surface area contributed by atoms with Gasteiger partial charge in [0.05, 0.1) is 18.9 Å². The van der Waals surface area contributed by atoms with Gasteiger partial charge in [-0.3, -0.25) is 0 Å². The van der Waals surface area contributed by atoms with E-state index in [1.54, 1.807) is 6.07 Å². The second-order valence-corrected chi connectivity index (χ2v) is 5.05. The Morgan fingerprint density at radius 1 is 1.47 bits per heavy atom. The molecule has 0 aliphatic carbocycles. The lowest BCUT2D eigenvalue weighted by molar-refractivity contribution is 0.0722. The minimum Gasteiger partial charge on any atom is -0.379 e. The fourth-order valence-corrected chi connectivity index (χ4v) is 2.71. The van der Waals surface area contributed by atoms with Crippen molar-refractivity contribution >= 4 is 5.69 Å². The molecule has 1 saturated heterocycles. The number of hydrogen-bond acceptors (Lipinski definition) is 3. The fourth-order valence-electron chi connectivity index (χ4n) is 2.71. The highest BCUT2D eigenvalue weighted by molar-refractivity contribution is 5.48. The van der Waals surface area contributed by atoms with Crippen LogP contribution in [0.4, 0.5) is 10.1 Å². The van der Waals surface area contributed by atoms with E-state index in [0.717, 1.165) is 32.7 Å². The van der Waals surface area contributed by atoms with Crippen molar-refractivity contribution in [1.29, 1.82) is 0 Å². The predicted octanol–water partition coefficient (Wildman–Crippen LogP) is 2.42. The van der Waals surface area contributed by atoms with Gasteiger partial charge in [-0.2, -0.15) is 0 Å². The van der Waals surface area contributed by atoms with Gasteiger partial charge in [0.1, 0.15) is 5.82 Å². The largest absolute Gasteiger partial charge is 0.379 e. The van der Waals surface area contributed by atoms with Gasteiger partial charge in [0.15, 0.2) is 0 Å². The molecule has 106 valence electrons. The van der Waals surface area contributed by atoms with E-state index in [4.69, 9.17) is 4.74 Å². The van der Waals surface area contributed by atoms with E-state index in [1.165, 1.54) is 6.07 Å². The third kappa shape index (κ3) is 3.67. The number of nitrogens with one attached hydrogen (secondary N) is 1. The fraction of sp³-hybridized carbons (Fsp3) is 0.600. The first kappa shape index (κ1) is 14.3. The molecule has 2 atom stereocenters. The van der Waals surface area contributed by atoms with Crippen LogP contribution < -0.4 is 10.2 Å². The smallest absolute Gasteiger partial charge is 0.146 e. The maximum atomic E-state index is 13.9. The number of rotatable bonds is 5. The average molecular weight is 266 g/mol. The van der Waals surface area contributed by atoms with Crippen molar-refractivity contribution in [2.45, 2.75) is 32.4 Å². The van der Waals surface area contributed by atoms with Crippen LogP contribution in [0.3, 0.4) is 0 Å². The number of para-hydroxylation sites is 1. The average Bonchev–Trinajstić information content (AvgIpc) is 2.43. The van der Waals surface area contributed by atoms with Crippen LogP contribution in [0.2, 0.25) is 0 Å². The number of nitrogens with zero attached hydrogens (tertiary/aromatic N) is 1. The Morgan fingerprint density at radius 2 is 2.26 bits per heavy atom. The maximum Gasteiger partial charge on any atom is 0.146 e. The number of hydrogen-bond donors (Lipinski definition) is 1. The number of ether oxygens (including phenoxy) is 1. The second kappa shape index (κ2) is 6.87. The molecule has 1 aromatic carbocycles. The molecule has 0 saturated carbocycles. The van der Waals surface area contributed by atoms with E-state index in [1.807, 2.05) is 12.1 Å². The minimum atomic E-state index is -0.149. The van der Waals surface area contributed by atoms with Crippen molar-refractivity contribution < 1.29 is 9.13 Å². The zero-order chi connectivity index (χ0) is 13.7. The lowest BCUT2D eigenvalue weighted by Crippen LogP contribution is -2.46. The molecule has 0 amide bonds. The Morgan fingerprint density at radius 3 is 2.89 bits per heavy atom. The number of anilines is 1. The molecule has 1 N–H and O–H groups in total. The Balaban J connectivity index is 2.02. The Labute approximate surface area is 114 Å². The molecular weight excluding hydrogens is 243 g/mol. The molecule has 3 nitrogen and oxygen atoms in total. The molecule has 1 aliphatic heterocycles. The molecule has 19 heavy (non-hydrogen) atoms. The van der Waals surface area contributed by atoms with Crippen molar-refractivity contribution in [3.63, 3.8) is 0 Å². The molecule has 1 heterocycles. The minimum absolute atomic E-state index is 0.149. The monoisotopic (exact) mass is 266 g/mol. The van der Waals surface area contributed by atoms with E-state index in [9.17, 15) is 4.39 Å². The normalized spacial score (nSPS) is 21.1. The summed E-state index contributed by atoms with van der Waals surface area (Å²) in [4.78, 5) is 2.12. The quantitative estimate of drug-likeness (QED) is 0.886. The van der Waals surface area contributed by atoms with Gasteiger partial charge in [0, 0.05) is 25.2 Å². The van der Waals surface area contributed by atoms with Crippen molar-refractivity contribution in [1.82, 2.24) is 5.32 Å². The second-order valence-electron chi connectivity index (χ2n) is 5.05. The maximum absolute atomic E-state index is 13.9. The third-order valence-corrected chi connectivity index (χ3v) is 3.66. The number of benzene rings is 1. The van der Waals surface area contributed by atoms with Gasteiger partial charge in [-0.15, -0.1) is 0 Å². The van der Waals surface area contributed by atoms with Gasteiger partial charge in [0.2, 0.25) is 0 Å². The molecule has 1 aliphatic rings. The lowest BCUT2D eigenvalue weighted by Gasteiger charge is -2.34. The van der Waals surface area contributed by atoms with Crippen molar-refractivity contribution in [3.05, 3.63) is 30.1 Å². The van der Waals surface area contributed by atoms with Crippen LogP contribution in [0.5, 0.6) is 0 Å². The van der Waals surface area contributed by atoms with Gasteiger partial charge < -0.3 is 15.0 Å². The Bertz CT molecular complexity index is 393. The molecule has 0 spiro atoms. The van der Waals surface area contributed by atoms with E-state index in [2.05, 4.69) is 24.1 Å².